The average molecular weight is 477 g/mol. The molecule has 0 aliphatic carbocycles. The lowest BCUT2D eigenvalue weighted by atomic mass is 10.1. The second-order valence-electron chi connectivity index (χ2n) is 7.45. The van der Waals surface area contributed by atoms with Gasteiger partial charge in [0.05, 0.1) is 23.5 Å². The fourth-order valence-electron chi connectivity index (χ4n) is 3.01. The van der Waals surface area contributed by atoms with E-state index in [4.69, 9.17) is 4.42 Å². The van der Waals surface area contributed by atoms with Crippen molar-refractivity contribution in [3.63, 3.8) is 0 Å². The first kappa shape index (κ1) is 23.7. The Morgan fingerprint density at radius 3 is 2.25 bits per heavy atom. The highest BCUT2D eigenvalue weighted by Crippen LogP contribution is 2.17. The molecule has 8 nitrogen and oxygen atoms in total. The highest BCUT2D eigenvalue weighted by Gasteiger charge is 2.18. The van der Waals surface area contributed by atoms with Crippen molar-refractivity contribution in [3.05, 3.63) is 88.9 Å². The van der Waals surface area contributed by atoms with Gasteiger partial charge in [-0.2, -0.15) is 0 Å². The molecule has 0 saturated carbocycles. The van der Waals surface area contributed by atoms with Crippen molar-refractivity contribution in [1.82, 2.24) is 10.0 Å². The number of furan rings is 1. The zero-order chi connectivity index (χ0) is 23.4. The number of hydrogen-bond acceptors (Lipinski definition) is 6. The van der Waals surface area contributed by atoms with E-state index < -0.39 is 25.8 Å². The molecule has 2 N–H and O–H groups in total. The highest BCUT2D eigenvalue weighted by molar-refractivity contribution is 7.90. The molecule has 0 bridgehead atoms. The largest absolute Gasteiger partial charge is 0.468 e. The Morgan fingerprint density at radius 1 is 0.938 bits per heavy atom. The van der Waals surface area contributed by atoms with Crippen LogP contribution in [-0.2, 0) is 38.7 Å². The van der Waals surface area contributed by atoms with Crippen LogP contribution in [0, 0.1) is 6.92 Å². The Morgan fingerprint density at radius 2 is 1.62 bits per heavy atom. The molecule has 0 fully saturated rings. The van der Waals surface area contributed by atoms with Crippen LogP contribution in [0.25, 0.3) is 0 Å². The van der Waals surface area contributed by atoms with Crippen molar-refractivity contribution in [1.29, 1.82) is 0 Å². The van der Waals surface area contributed by atoms with Crippen molar-refractivity contribution in [3.8, 4) is 0 Å². The summed E-state index contributed by atoms with van der Waals surface area (Å²) in [7, 11) is -6.95. The monoisotopic (exact) mass is 476 g/mol. The SMILES string of the molecule is Cc1ccc(S(=O)(=O)NCc2ccco2)cc1C(=O)NCc1ccc(CS(C)(=O)=O)cc1. The maximum absolute atomic E-state index is 12.7. The third-order valence-corrected chi connectivity index (χ3v) is 6.94. The van der Waals surface area contributed by atoms with Gasteiger partial charge in [0.15, 0.2) is 9.84 Å². The number of nitrogens with one attached hydrogen (secondary N) is 2. The normalized spacial score (nSPS) is 11.9. The highest BCUT2D eigenvalue weighted by atomic mass is 32.2. The number of benzene rings is 2. The van der Waals surface area contributed by atoms with Gasteiger partial charge in [0, 0.05) is 18.4 Å². The van der Waals surface area contributed by atoms with E-state index in [-0.39, 0.29) is 29.3 Å². The Kier molecular flexibility index (Phi) is 7.17. The first-order valence-corrected chi connectivity index (χ1v) is 13.2. The van der Waals surface area contributed by atoms with Crippen molar-refractivity contribution in [2.24, 2.45) is 0 Å². The Labute approximate surface area is 187 Å². The molecule has 170 valence electrons. The molecule has 0 unspecified atom stereocenters. The van der Waals surface area contributed by atoms with Crippen LogP contribution in [0.3, 0.4) is 0 Å². The number of sulfonamides is 1. The van der Waals surface area contributed by atoms with Gasteiger partial charge in [0.25, 0.3) is 5.91 Å². The fraction of sp³-hybridized carbons (Fsp3) is 0.227. The molecule has 1 heterocycles. The lowest BCUT2D eigenvalue weighted by molar-refractivity contribution is 0.0950. The van der Waals surface area contributed by atoms with Gasteiger partial charge in [-0.3, -0.25) is 4.79 Å². The van der Waals surface area contributed by atoms with Crippen LogP contribution in [0.5, 0.6) is 0 Å². The van der Waals surface area contributed by atoms with E-state index in [9.17, 15) is 21.6 Å². The molecule has 0 saturated heterocycles. The summed E-state index contributed by atoms with van der Waals surface area (Å²) in [6.07, 6.45) is 2.63. The average Bonchev–Trinajstić information content (AvgIpc) is 3.24. The number of rotatable bonds is 9. The van der Waals surface area contributed by atoms with Crippen LogP contribution < -0.4 is 10.0 Å². The minimum atomic E-state index is -3.84. The van der Waals surface area contributed by atoms with E-state index >= 15 is 0 Å². The second-order valence-corrected chi connectivity index (χ2v) is 11.4. The summed E-state index contributed by atoms with van der Waals surface area (Å²) in [5.74, 6) is 0.0145. The van der Waals surface area contributed by atoms with Gasteiger partial charge in [-0.1, -0.05) is 30.3 Å². The van der Waals surface area contributed by atoms with Crippen molar-refractivity contribution in [2.75, 3.05) is 6.26 Å². The zero-order valence-electron chi connectivity index (χ0n) is 17.7. The van der Waals surface area contributed by atoms with Crippen LogP contribution in [0.15, 0.2) is 70.2 Å². The molecule has 32 heavy (non-hydrogen) atoms. The van der Waals surface area contributed by atoms with Gasteiger partial charge in [-0.05, 0) is 47.9 Å². The van der Waals surface area contributed by atoms with Crippen LogP contribution in [0.4, 0.5) is 0 Å². The van der Waals surface area contributed by atoms with E-state index in [1.54, 1.807) is 49.4 Å². The molecule has 0 aliphatic heterocycles. The third-order valence-electron chi connectivity index (χ3n) is 4.69. The van der Waals surface area contributed by atoms with Gasteiger partial charge in [0.2, 0.25) is 10.0 Å². The topological polar surface area (TPSA) is 123 Å². The first-order valence-electron chi connectivity index (χ1n) is 9.70. The number of hydrogen-bond donors (Lipinski definition) is 2. The van der Waals surface area contributed by atoms with E-state index in [1.807, 2.05) is 0 Å². The minimum Gasteiger partial charge on any atom is -0.468 e. The molecule has 1 amide bonds. The Hall–Kier alpha value is -2.95. The van der Waals surface area contributed by atoms with Gasteiger partial charge in [0.1, 0.15) is 5.76 Å². The van der Waals surface area contributed by atoms with E-state index in [0.29, 0.717) is 16.9 Å². The maximum Gasteiger partial charge on any atom is 0.251 e. The summed E-state index contributed by atoms with van der Waals surface area (Å²) >= 11 is 0. The molecular formula is C22H24N2O6S2. The molecule has 0 spiro atoms. The first-order chi connectivity index (χ1) is 15.0. The summed E-state index contributed by atoms with van der Waals surface area (Å²) in [5, 5.41) is 2.77. The molecule has 1 aromatic heterocycles. The fourth-order valence-corrected chi connectivity index (χ4v) is 4.83. The zero-order valence-corrected chi connectivity index (χ0v) is 19.3. The van der Waals surface area contributed by atoms with Crippen LogP contribution in [0.2, 0.25) is 0 Å². The summed E-state index contributed by atoms with van der Waals surface area (Å²) < 4.78 is 55.5. The maximum atomic E-state index is 12.7. The lowest BCUT2D eigenvalue weighted by Crippen LogP contribution is -2.26. The van der Waals surface area contributed by atoms with Gasteiger partial charge >= 0.3 is 0 Å². The van der Waals surface area contributed by atoms with Crippen LogP contribution >= 0.6 is 0 Å². The van der Waals surface area contributed by atoms with Gasteiger partial charge in [-0.25, -0.2) is 21.6 Å². The predicted octanol–water partition coefficient (Wildman–Crippen LogP) is 2.54. The standard InChI is InChI=1S/C22H24N2O6S2/c1-16-5-10-20(32(28,29)24-14-19-4-3-11-30-19)12-21(16)22(25)23-13-17-6-8-18(9-7-17)15-31(2,26)27/h3-12,24H,13-15H2,1-2H3,(H,23,25). The van der Waals surface area contributed by atoms with Crippen molar-refractivity contribution < 1.29 is 26.0 Å². The molecule has 3 rings (SSSR count). The molecule has 0 aliphatic rings. The quantitative estimate of drug-likeness (QED) is 0.489. The Bertz CT molecular complexity index is 1300. The summed E-state index contributed by atoms with van der Waals surface area (Å²) in [5.41, 5.74) is 2.34. The molecule has 3 aromatic rings. The summed E-state index contributed by atoms with van der Waals surface area (Å²) in [6, 6.07) is 14.6. The number of amides is 1. The van der Waals surface area contributed by atoms with Gasteiger partial charge < -0.3 is 9.73 Å². The molecular weight excluding hydrogens is 452 g/mol. The molecule has 0 atom stereocenters. The smallest absolute Gasteiger partial charge is 0.251 e. The predicted molar refractivity (Wildman–Crippen MR) is 120 cm³/mol. The number of aryl methyl sites for hydroxylation is 1. The number of sulfone groups is 1. The van der Waals surface area contributed by atoms with Crippen LogP contribution in [0.1, 0.15) is 32.8 Å². The molecule has 0 radical (unpaired) electrons. The minimum absolute atomic E-state index is 0.0000664. The number of carbonyl (C=O) groups excluding carboxylic acids is 1. The summed E-state index contributed by atoms with van der Waals surface area (Å²) in [4.78, 5) is 12.7. The van der Waals surface area contributed by atoms with E-state index in [2.05, 4.69) is 10.0 Å². The molecule has 10 heteroatoms. The van der Waals surface area contributed by atoms with Gasteiger partial charge in [-0.15, -0.1) is 0 Å². The lowest BCUT2D eigenvalue weighted by Gasteiger charge is -2.11. The Balaban J connectivity index is 1.67. The number of carbonyl (C=O) groups is 1. The third kappa shape index (κ3) is 6.52. The van der Waals surface area contributed by atoms with E-state index in [1.165, 1.54) is 24.7 Å². The molecule has 2 aromatic carbocycles. The van der Waals surface area contributed by atoms with Crippen LogP contribution in [-0.4, -0.2) is 29.0 Å². The second kappa shape index (κ2) is 9.68. The van der Waals surface area contributed by atoms with E-state index in [0.717, 1.165) is 5.56 Å². The summed E-state index contributed by atoms with van der Waals surface area (Å²) in [6.45, 7) is 1.94. The van der Waals surface area contributed by atoms with Crippen molar-refractivity contribution >= 4 is 25.8 Å². The van der Waals surface area contributed by atoms with Crippen molar-refractivity contribution in [2.45, 2.75) is 30.7 Å².